The maximum atomic E-state index is 14.7. The smallest absolute Gasteiger partial charge is 0.406 e. The number of anilines is 2. The van der Waals surface area contributed by atoms with Crippen LogP contribution < -0.4 is 15.4 Å². The maximum absolute atomic E-state index is 14.7. The second-order valence-corrected chi connectivity index (χ2v) is 10.7. The molecule has 1 fully saturated rings. The van der Waals surface area contributed by atoms with Crippen molar-refractivity contribution in [2.24, 2.45) is 0 Å². The fraction of sp³-hybridized carbons (Fsp3) is 0.467. The summed E-state index contributed by atoms with van der Waals surface area (Å²) < 4.78 is 72.5. The van der Waals surface area contributed by atoms with E-state index < -0.39 is 35.7 Å². The number of nitrogens with zero attached hydrogens (tertiary/aromatic N) is 2. The van der Waals surface area contributed by atoms with Crippen molar-refractivity contribution in [1.82, 2.24) is 9.47 Å². The van der Waals surface area contributed by atoms with Gasteiger partial charge in [-0.05, 0) is 49.9 Å². The van der Waals surface area contributed by atoms with Crippen molar-refractivity contribution in [3.63, 3.8) is 0 Å². The van der Waals surface area contributed by atoms with Crippen LogP contribution in [0.2, 0.25) is 0 Å². The summed E-state index contributed by atoms with van der Waals surface area (Å²) in [6.07, 6.45) is -0.468. The first-order chi connectivity index (χ1) is 20.0. The van der Waals surface area contributed by atoms with Crippen LogP contribution in [0.25, 0.3) is 10.9 Å². The number of fused-ring (bicyclic) bond motifs is 1. The summed E-state index contributed by atoms with van der Waals surface area (Å²) in [5, 5.41) is 6.96. The Hall–Kier alpha value is -2.94. The van der Waals surface area contributed by atoms with Gasteiger partial charge in [-0.15, -0.1) is 11.6 Å². The van der Waals surface area contributed by atoms with E-state index in [4.69, 9.17) is 4.74 Å². The fourth-order valence-corrected chi connectivity index (χ4v) is 5.05. The summed E-state index contributed by atoms with van der Waals surface area (Å²) >= 11 is 4.64. The van der Waals surface area contributed by atoms with E-state index in [0.717, 1.165) is 11.1 Å². The van der Waals surface area contributed by atoms with E-state index in [-0.39, 0.29) is 6.54 Å². The molecule has 2 aromatic carbocycles. The summed E-state index contributed by atoms with van der Waals surface area (Å²) in [4.78, 5) is 2.55. The van der Waals surface area contributed by atoms with Crippen LogP contribution in [-0.4, -0.2) is 78.5 Å². The summed E-state index contributed by atoms with van der Waals surface area (Å²) in [5.74, 6) is 6.53. The van der Waals surface area contributed by atoms with Crippen molar-refractivity contribution in [3.05, 3.63) is 48.2 Å². The van der Waals surface area contributed by atoms with Crippen molar-refractivity contribution in [1.29, 1.82) is 0 Å². The van der Waals surface area contributed by atoms with Crippen LogP contribution in [0.15, 0.2) is 47.5 Å². The van der Waals surface area contributed by atoms with Crippen LogP contribution in [0, 0.1) is 11.8 Å². The monoisotopic (exact) mass is 630 g/mol. The molecule has 42 heavy (non-hydrogen) atoms. The molecule has 6 nitrogen and oxygen atoms in total. The Morgan fingerprint density at radius 1 is 1.14 bits per heavy atom. The zero-order chi connectivity index (χ0) is 31.4. The van der Waals surface area contributed by atoms with Crippen LogP contribution in [0.5, 0.6) is 5.75 Å². The van der Waals surface area contributed by atoms with Crippen LogP contribution in [0.1, 0.15) is 25.8 Å². The number of benzene rings is 2. The van der Waals surface area contributed by atoms with Crippen LogP contribution in [0.3, 0.4) is 0 Å². The molecule has 3 atom stereocenters. The van der Waals surface area contributed by atoms with Gasteiger partial charge in [0.1, 0.15) is 18.5 Å². The summed E-state index contributed by atoms with van der Waals surface area (Å²) in [5.41, 5.74) is 2.11. The minimum atomic E-state index is -4.39. The average molecular weight is 631 g/mol. The molecule has 0 aliphatic carbocycles. The molecule has 1 aromatic heterocycles. The molecule has 1 aliphatic rings. The van der Waals surface area contributed by atoms with Gasteiger partial charge in [-0.1, -0.05) is 25.7 Å². The topological polar surface area (TPSA) is 58.5 Å². The van der Waals surface area contributed by atoms with E-state index in [1.807, 2.05) is 25.8 Å². The lowest BCUT2D eigenvalue weighted by molar-refractivity contribution is -0.139. The number of methoxy groups -OCH3 is 1. The number of aromatic nitrogens is 1. The molecular weight excluding hydrogens is 592 g/mol. The Morgan fingerprint density at radius 2 is 1.86 bits per heavy atom. The Labute approximate surface area is 253 Å². The lowest BCUT2D eigenvalue weighted by Gasteiger charge is -2.33. The van der Waals surface area contributed by atoms with E-state index in [2.05, 4.69) is 34.1 Å². The largest absolute Gasteiger partial charge is 0.495 e. The molecule has 0 amide bonds. The molecule has 0 radical (unpaired) electrons. The highest BCUT2D eigenvalue weighted by molar-refractivity contribution is 7.84. The minimum Gasteiger partial charge on any atom is -0.495 e. The Bertz CT molecular complexity index is 1390. The average Bonchev–Trinajstić information content (AvgIpc) is 3.35. The van der Waals surface area contributed by atoms with E-state index in [1.54, 1.807) is 42.7 Å². The summed E-state index contributed by atoms with van der Waals surface area (Å²) in [7, 11) is 2.23. The van der Waals surface area contributed by atoms with Gasteiger partial charge in [0.15, 0.2) is 0 Å². The molecule has 3 unspecified atom stereocenters. The minimum absolute atomic E-state index is 0.233. The molecule has 1 aliphatic heterocycles. The van der Waals surface area contributed by atoms with Crippen molar-refractivity contribution < 1.29 is 26.5 Å². The van der Waals surface area contributed by atoms with Crippen molar-refractivity contribution in [3.8, 4) is 17.6 Å². The first-order valence-electron chi connectivity index (χ1n) is 13.4. The molecular formula is C30H39ClF4N4O2S. The molecule has 0 saturated carbocycles. The number of alkyl halides is 5. The number of rotatable bonds is 7. The molecule has 4 rings (SSSR count). The normalized spacial score (nSPS) is 17.5. The highest BCUT2D eigenvalue weighted by Gasteiger charge is 2.30. The summed E-state index contributed by atoms with van der Waals surface area (Å²) in [6.45, 7) is 4.11. The third-order valence-electron chi connectivity index (χ3n) is 6.43. The summed E-state index contributed by atoms with van der Waals surface area (Å²) in [6, 6.07) is 9.72. The van der Waals surface area contributed by atoms with Gasteiger partial charge in [0.2, 0.25) is 0 Å². The zero-order valence-electron chi connectivity index (χ0n) is 24.7. The van der Waals surface area contributed by atoms with Gasteiger partial charge in [-0.3, -0.25) is 4.21 Å². The number of hydrogen-bond acceptors (Lipinski definition) is 5. The van der Waals surface area contributed by atoms with Gasteiger partial charge < -0.3 is 24.8 Å². The predicted molar refractivity (Wildman–Crippen MR) is 166 cm³/mol. The number of likely N-dealkylation sites (tertiary alicyclic amines) is 1. The molecule has 12 heteroatoms. The van der Waals surface area contributed by atoms with Crippen molar-refractivity contribution >= 4 is 44.7 Å². The third-order valence-corrected chi connectivity index (χ3v) is 7.35. The highest BCUT2D eigenvalue weighted by Crippen LogP contribution is 2.31. The van der Waals surface area contributed by atoms with E-state index in [1.165, 1.54) is 19.7 Å². The van der Waals surface area contributed by atoms with Gasteiger partial charge >= 0.3 is 6.18 Å². The standard InChI is InChI=1S/C27H30F4N4O2S.C2H6.CH3Cl/c1-34-11-9-22(21(28)16-34)33-24-13-18(14-25-20(24)8-12-35(25)17-27(29,30)31)5-4-10-32-23-7-6-19(38(3)36)15-26(23)37-2;2*1-2/h6-8,12-15,21-22,32-33H,9-11,16-17H2,1-3H3;1-2H3;1H3. The van der Waals surface area contributed by atoms with E-state index in [0.29, 0.717) is 51.5 Å². The second kappa shape index (κ2) is 16.6. The Morgan fingerprint density at radius 3 is 2.48 bits per heavy atom. The quantitative estimate of drug-likeness (QED) is 0.172. The van der Waals surface area contributed by atoms with Gasteiger partial charge in [-0.2, -0.15) is 13.2 Å². The van der Waals surface area contributed by atoms with Crippen molar-refractivity contribution in [2.75, 3.05) is 57.1 Å². The number of nitrogens with one attached hydrogen (secondary N) is 2. The zero-order valence-corrected chi connectivity index (χ0v) is 26.3. The van der Waals surface area contributed by atoms with Gasteiger partial charge in [0.05, 0.1) is 30.9 Å². The SMILES string of the molecule is CC.CCl.COc1cc(S(C)=O)ccc1NCC#Cc1cc(NC2CCN(C)CC2F)c2ccn(CC(F)(F)F)c2c1. The predicted octanol–water partition coefficient (Wildman–Crippen LogP) is 6.75. The molecule has 232 valence electrons. The molecule has 0 bridgehead atoms. The van der Waals surface area contributed by atoms with Gasteiger partial charge in [0.25, 0.3) is 0 Å². The number of hydrogen-bond donors (Lipinski definition) is 2. The third kappa shape index (κ3) is 9.82. The molecule has 3 aromatic rings. The lowest BCUT2D eigenvalue weighted by Crippen LogP contribution is -2.46. The Kier molecular flexibility index (Phi) is 14.0. The first-order valence-corrected chi connectivity index (χ1v) is 15.8. The maximum Gasteiger partial charge on any atom is 0.406 e. The van der Waals surface area contributed by atoms with Crippen molar-refractivity contribution in [2.45, 2.75) is 50.1 Å². The first kappa shape index (κ1) is 35.3. The molecule has 1 saturated heterocycles. The lowest BCUT2D eigenvalue weighted by atomic mass is 10.0. The number of ether oxygens (including phenoxy) is 1. The van der Waals surface area contributed by atoms with E-state index in [9.17, 15) is 21.8 Å². The van der Waals surface area contributed by atoms with Gasteiger partial charge in [-0.25, -0.2) is 4.39 Å². The van der Waals surface area contributed by atoms with Gasteiger partial charge in [0, 0.05) is 64.3 Å². The molecule has 0 spiro atoms. The Balaban J connectivity index is 0.00000148. The highest BCUT2D eigenvalue weighted by atomic mass is 35.5. The van der Waals surface area contributed by atoms with Crippen LogP contribution in [0.4, 0.5) is 28.9 Å². The van der Waals surface area contributed by atoms with Crippen LogP contribution >= 0.6 is 11.6 Å². The van der Waals surface area contributed by atoms with E-state index >= 15 is 0 Å². The fourth-order valence-electron chi connectivity index (χ4n) is 4.52. The number of halogens is 5. The molecule has 2 heterocycles. The van der Waals surface area contributed by atoms with Crippen LogP contribution in [-0.2, 0) is 17.3 Å². The number of piperidine rings is 1. The molecule has 2 N–H and O–H groups in total. The second-order valence-electron chi connectivity index (χ2n) is 9.30.